The number of aliphatic hydroxyl groups excluding tert-OH is 1. The predicted molar refractivity (Wildman–Crippen MR) is 94.1 cm³/mol. The summed E-state index contributed by atoms with van der Waals surface area (Å²) in [5.74, 6) is 2.32. The number of ether oxygens (including phenoxy) is 1. The van der Waals surface area contributed by atoms with Crippen LogP contribution in [0, 0.1) is 25.7 Å². The van der Waals surface area contributed by atoms with Crippen LogP contribution in [0.1, 0.15) is 31.4 Å². The first-order valence-corrected chi connectivity index (χ1v) is 8.04. The minimum atomic E-state index is -0.428. The summed E-state index contributed by atoms with van der Waals surface area (Å²) in [4.78, 5) is 2.37. The molecule has 1 aliphatic rings. The molecule has 126 valence electrons. The summed E-state index contributed by atoms with van der Waals surface area (Å²) in [5, 5.41) is 10.2. The van der Waals surface area contributed by atoms with Crippen LogP contribution in [-0.4, -0.2) is 42.4 Å². The van der Waals surface area contributed by atoms with Gasteiger partial charge in [-0.3, -0.25) is 0 Å². The highest BCUT2D eigenvalue weighted by molar-refractivity contribution is 5.85. The molecule has 1 N–H and O–H groups in total. The van der Waals surface area contributed by atoms with Crippen LogP contribution in [0.2, 0.25) is 0 Å². The lowest BCUT2D eigenvalue weighted by Crippen LogP contribution is -2.44. The molecule has 4 heteroatoms. The molecule has 22 heavy (non-hydrogen) atoms. The monoisotopic (exact) mass is 327 g/mol. The summed E-state index contributed by atoms with van der Waals surface area (Å²) in [6.45, 7) is 12.0. The van der Waals surface area contributed by atoms with Crippen LogP contribution in [0.4, 0.5) is 0 Å². The first-order valence-electron chi connectivity index (χ1n) is 8.04. The smallest absolute Gasteiger partial charge is 0.122 e. The Labute approximate surface area is 141 Å². The molecule has 3 nitrogen and oxygen atoms in total. The Hall–Kier alpha value is -0.770. The standard InChI is InChI=1S/C18H29NO2.ClH/c1-13-5-6-18(16(4)8-13)21-12-17(20)11-19-9-14(2)7-15(3)10-19;/h5-6,8,14-15,17,20H,7,9-12H2,1-4H3;1H. The number of hydrogen-bond donors (Lipinski definition) is 1. The molecular formula is C18H30ClNO2. The number of β-amino-alcohol motifs (C(OH)–C–C–N with tert-alkyl or cyclic N) is 1. The summed E-state index contributed by atoms with van der Waals surface area (Å²) >= 11 is 0. The maximum Gasteiger partial charge on any atom is 0.122 e. The third-order valence-electron chi connectivity index (χ3n) is 4.18. The fourth-order valence-electron chi connectivity index (χ4n) is 3.44. The molecule has 0 bridgehead atoms. The number of nitrogens with zero attached hydrogens (tertiary/aromatic N) is 1. The first-order chi connectivity index (χ1) is 9.94. The highest BCUT2D eigenvalue weighted by atomic mass is 35.5. The number of piperidine rings is 1. The molecule has 0 aliphatic carbocycles. The fourth-order valence-corrected chi connectivity index (χ4v) is 3.44. The molecule has 0 aromatic heterocycles. The van der Waals surface area contributed by atoms with E-state index in [9.17, 15) is 5.11 Å². The van der Waals surface area contributed by atoms with Crippen molar-refractivity contribution in [3.63, 3.8) is 0 Å². The summed E-state index contributed by atoms with van der Waals surface area (Å²) in [6.07, 6.45) is 0.870. The summed E-state index contributed by atoms with van der Waals surface area (Å²) in [5.41, 5.74) is 2.36. The number of halogens is 1. The van der Waals surface area contributed by atoms with Crippen molar-refractivity contribution in [2.24, 2.45) is 11.8 Å². The molecule has 1 aromatic carbocycles. The molecular weight excluding hydrogens is 298 g/mol. The normalized spacial score (nSPS) is 23.7. The Bertz CT molecular complexity index is 456. The summed E-state index contributed by atoms with van der Waals surface area (Å²) < 4.78 is 5.77. The van der Waals surface area contributed by atoms with E-state index in [2.05, 4.69) is 31.7 Å². The molecule has 0 saturated carbocycles. The topological polar surface area (TPSA) is 32.7 Å². The minimum Gasteiger partial charge on any atom is -0.491 e. The molecule has 1 fully saturated rings. The Morgan fingerprint density at radius 3 is 2.45 bits per heavy atom. The number of aryl methyl sites for hydroxylation is 2. The van der Waals surface area contributed by atoms with Gasteiger partial charge < -0.3 is 14.7 Å². The lowest BCUT2D eigenvalue weighted by atomic mass is 9.92. The van der Waals surface area contributed by atoms with Crippen molar-refractivity contribution in [3.8, 4) is 5.75 Å². The summed E-state index contributed by atoms with van der Waals surface area (Å²) in [6, 6.07) is 6.14. The Morgan fingerprint density at radius 2 is 1.86 bits per heavy atom. The summed E-state index contributed by atoms with van der Waals surface area (Å²) in [7, 11) is 0. The van der Waals surface area contributed by atoms with Crippen LogP contribution in [0.25, 0.3) is 0 Å². The fraction of sp³-hybridized carbons (Fsp3) is 0.667. The van der Waals surface area contributed by atoms with Crippen LogP contribution in [-0.2, 0) is 0 Å². The van der Waals surface area contributed by atoms with Gasteiger partial charge in [0.25, 0.3) is 0 Å². The molecule has 1 aliphatic heterocycles. The third-order valence-corrected chi connectivity index (χ3v) is 4.18. The lowest BCUT2D eigenvalue weighted by molar-refractivity contribution is 0.0427. The molecule has 2 rings (SSSR count). The second-order valence-electron chi connectivity index (χ2n) is 6.90. The molecule has 1 saturated heterocycles. The van der Waals surface area contributed by atoms with Gasteiger partial charge in [-0.2, -0.15) is 0 Å². The number of benzene rings is 1. The van der Waals surface area contributed by atoms with E-state index in [0.29, 0.717) is 13.2 Å². The van der Waals surface area contributed by atoms with Gasteiger partial charge >= 0.3 is 0 Å². The van der Waals surface area contributed by atoms with E-state index in [0.717, 1.165) is 36.2 Å². The lowest BCUT2D eigenvalue weighted by Gasteiger charge is -2.35. The Kier molecular flexibility index (Phi) is 7.67. The largest absolute Gasteiger partial charge is 0.491 e. The highest BCUT2D eigenvalue weighted by Crippen LogP contribution is 2.22. The molecule has 0 amide bonds. The van der Waals surface area contributed by atoms with E-state index >= 15 is 0 Å². The van der Waals surface area contributed by atoms with Crippen molar-refractivity contribution in [2.75, 3.05) is 26.2 Å². The second-order valence-corrected chi connectivity index (χ2v) is 6.90. The quantitative estimate of drug-likeness (QED) is 0.899. The van der Waals surface area contributed by atoms with E-state index in [4.69, 9.17) is 4.74 Å². The van der Waals surface area contributed by atoms with Crippen molar-refractivity contribution < 1.29 is 9.84 Å². The zero-order chi connectivity index (χ0) is 15.4. The number of rotatable bonds is 5. The van der Waals surface area contributed by atoms with Crippen molar-refractivity contribution in [1.29, 1.82) is 0 Å². The van der Waals surface area contributed by atoms with Crippen LogP contribution in [0.15, 0.2) is 18.2 Å². The molecule has 0 spiro atoms. The van der Waals surface area contributed by atoms with Crippen molar-refractivity contribution >= 4 is 12.4 Å². The van der Waals surface area contributed by atoms with E-state index in [1.165, 1.54) is 12.0 Å². The van der Waals surface area contributed by atoms with E-state index in [1.807, 2.05) is 19.1 Å². The Balaban J connectivity index is 0.00000242. The van der Waals surface area contributed by atoms with E-state index in [-0.39, 0.29) is 12.4 Å². The zero-order valence-electron chi connectivity index (χ0n) is 14.2. The van der Waals surface area contributed by atoms with E-state index < -0.39 is 6.10 Å². The minimum absolute atomic E-state index is 0. The van der Waals surface area contributed by atoms with E-state index in [1.54, 1.807) is 0 Å². The number of aliphatic hydroxyl groups is 1. The average molecular weight is 328 g/mol. The van der Waals surface area contributed by atoms with Crippen molar-refractivity contribution in [1.82, 2.24) is 4.90 Å². The van der Waals surface area contributed by atoms with Crippen LogP contribution in [0.3, 0.4) is 0 Å². The van der Waals surface area contributed by atoms with Crippen molar-refractivity contribution in [2.45, 2.75) is 40.2 Å². The predicted octanol–water partition coefficient (Wildman–Crippen LogP) is 3.44. The van der Waals surface area contributed by atoms with Crippen LogP contribution < -0.4 is 4.74 Å². The zero-order valence-corrected chi connectivity index (χ0v) is 15.0. The SMILES string of the molecule is Cc1ccc(OCC(O)CN2CC(C)CC(C)C2)c(C)c1.Cl. The Morgan fingerprint density at radius 1 is 1.23 bits per heavy atom. The highest BCUT2D eigenvalue weighted by Gasteiger charge is 2.23. The van der Waals surface area contributed by atoms with Crippen molar-refractivity contribution in [3.05, 3.63) is 29.3 Å². The average Bonchev–Trinajstić information content (AvgIpc) is 2.36. The number of likely N-dealkylation sites (tertiary alicyclic amines) is 1. The van der Waals surface area contributed by atoms with Gasteiger partial charge in [0.1, 0.15) is 18.5 Å². The van der Waals surface area contributed by atoms with Gasteiger partial charge in [-0.25, -0.2) is 0 Å². The maximum absolute atomic E-state index is 10.2. The molecule has 1 aromatic rings. The number of hydrogen-bond acceptors (Lipinski definition) is 3. The van der Waals surface area contributed by atoms with Gasteiger partial charge in [0, 0.05) is 19.6 Å². The maximum atomic E-state index is 10.2. The molecule has 0 radical (unpaired) electrons. The van der Waals surface area contributed by atoms with Gasteiger partial charge in [-0.1, -0.05) is 31.5 Å². The van der Waals surface area contributed by atoms with Gasteiger partial charge in [0.2, 0.25) is 0 Å². The molecule has 3 atom stereocenters. The molecule has 3 unspecified atom stereocenters. The third kappa shape index (κ3) is 5.79. The molecule has 1 heterocycles. The van der Waals surface area contributed by atoms with Gasteiger partial charge in [-0.05, 0) is 43.7 Å². The van der Waals surface area contributed by atoms with Gasteiger partial charge in [0.15, 0.2) is 0 Å². The van der Waals surface area contributed by atoms with Gasteiger partial charge in [0.05, 0.1) is 0 Å². The van der Waals surface area contributed by atoms with Gasteiger partial charge in [-0.15, -0.1) is 12.4 Å². The van der Waals surface area contributed by atoms with Crippen LogP contribution >= 0.6 is 12.4 Å². The second kappa shape index (κ2) is 8.76. The van der Waals surface area contributed by atoms with Crippen LogP contribution in [0.5, 0.6) is 5.75 Å². The first kappa shape index (κ1) is 19.3.